The Labute approximate surface area is 169 Å². The fourth-order valence-corrected chi connectivity index (χ4v) is 2.69. The molecule has 0 saturated heterocycles. The summed E-state index contributed by atoms with van der Waals surface area (Å²) < 4.78 is 5.65. The molecule has 0 radical (unpaired) electrons. The van der Waals surface area contributed by atoms with Crippen LogP contribution in [0.3, 0.4) is 0 Å². The number of nitrogens with two attached hydrogens (primary N) is 1. The van der Waals surface area contributed by atoms with Gasteiger partial charge in [0.15, 0.2) is 0 Å². The number of rotatable bonds is 7. The van der Waals surface area contributed by atoms with Crippen molar-refractivity contribution in [3.05, 3.63) is 45.4 Å². The molecule has 9 heteroatoms. The minimum Gasteiger partial charge on any atom is -0.486 e. The van der Waals surface area contributed by atoms with E-state index in [0.29, 0.717) is 18.2 Å². The Kier molecular flexibility index (Phi) is 11.1. The topological polar surface area (TPSA) is 68.5 Å². The molecular weight excluding hydrogens is 405 g/mol. The third-order valence-corrected chi connectivity index (χ3v) is 4.63. The van der Waals surface area contributed by atoms with Crippen LogP contribution in [0.5, 0.6) is 5.75 Å². The van der Waals surface area contributed by atoms with Crippen molar-refractivity contribution < 1.29 is 9.53 Å². The number of hydrogen-bond acceptors (Lipinski definition) is 5. The molecule has 1 atom stereocenters. The van der Waals surface area contributed by atoms with Crippen LogP contribution in [0, 0.1) is 0 Å². The molecule has 1 amide bonds. The lowest BCUT2D eigenvalue weighted by Gasteiger charge is -2.23. The van der Waals surface area contributed by atoms with Crippen molar-refractivity contribution in [1.82, 2.24) is 9.88 Å². The minimum atomic E-state index is 0. The van der Waals surface area contributed by atoms with Gasteiger partial charge in [0.2, 0.25) is 5.91 Å². The van der Waals surface area contributed by atoms with Gasteiger partial charge in [0.25, 0.3) is 0 Å². The summed E-state index contributed by atoms with van der Waals surface area (Å²) in [7, 11) is 1.76. The highest BCUT2D eigenvalue weighted by Gasteiger charge is 2.16. The Morgan fingerprint density at radius 1 is 1.36 bits per heavy atom. The molecule has 0 aliphatic carbocycles. The third kappa shape index (κ3) is 7.38. The van der Waals surface area contributed by atoms with Crippen molar-refractivity contribution >= 4 is 53.7 Å². The molecule has 5 nitrogen and oxygen atoms in total. The van der Waals surface area contributed by atoms with Gasteiger partial charge in [0.05, 0.1) is 12.1 Å². The smallest absolute Gasteiger partial charge is 0.228 e. The van der Waals surface area contributed by atoms with E-state index < -0.39 is 0 Å². The van der Waals surface area contributed by atoms with E-state index in [0.717, 1.165) is 16.5 Å². The van der Waals surface area contributed by atoms with Crippen LogP contribution >= 0.6 is 47.8 Å². The number of carbonyl (C=O) groups excluding carboxylic acids is 1. The maximum Gasteiger partial charge on any atom is 0.228 e. The lowest BCUT2D eigenvalue weighted by molar-refractivity contribution is -0.130. The van der Waals surface area contributed by atoms with Gasteiger partial charge in [-0.2, -0.15) is 0 Å². The second kappa shape index (κ2) is 11.5. The number of hydrogen-bond donors (Lipinski definition) is 1. The van der Waals surface area contributed by atoms with Crippen LogP contribution in [0.15, 0.2) is 29.6 Å². The van der Waals surface area contributed by atoms with E-state index in [1.54, 1.807) is 24.1 Å². The SMILES string of the molecule is CC(CN)N(C)C(=O)Cc1csc(COc2ccc(Cl)cc2)n1.Cl.Cl. The molecule has 140 valence electrons. The molecule has 2 rings (SSSR count). The molecule has 2 N–H and O–H groups in total. The quantitative estimate of drug-likeness (QED) is 0.735. The summed E-state index contributed by atoms with van der Waals surface area (Å²) in [5, 5.41) is 3.39. The van der Waals surface area contributed by atoms with Crippen LogP contribution < -0.4 is 10.5 Å². The molecule has 0 aliphatic heterocycles. The number of thiazole rings is 1. The second-order valence-electron chi connectivity index (χ2n) is 5.24. The van der Waals surface area contributed by atoms with Crippen LogP contribution in [0.1, 0.15) is 17.6 Å². The van der Waals surface area contributed by atoms with Gasteiger partial charge in [-0.25, -0.2) is 4.98 Å². The molecule has 1 aromatic carbocycles. The Hall–Kier alpha value is -1.05. The highest BCUT2D eigenvalue weighted by Crippen LogP contribution is 2.18. The van der Waals surface area contributed by atoms with Crippen LogP contribution in [-0.4, -0.2) is 35.4 Å². The van der Waals surface area contributed by atoms with Gasteiger partial charge in [0, 0.05) is 30.0 Å². The molecule has 0 bridgehead atoms. The summed E-state index contributed by atoms with van der Waals surface area (Å²) in [6, 6.07) is 7.19. The fourth-order valence-electron chi connectivity index (χ4n) is 1.86. The number of amides is 1. The summed E-state index contributed by atoms with van der Waals surface area (Å²) in [4.78, 5) is 18.2. The van der Waals surface area contributed by atoms with Gasteiger partial charge in [-0.3, -0.25) is 4.79 Å². The van der Waals surface area contributed by atoms with Gasteiger partial charge in [-0.1, -0.05) is 11.6 Å². The summed E-state index contributed by atoms with van der Waals surface area (Å²) in [6.07, 6.45) is 0.276. The Balaban J connectivity index is 0.00000288. The summed E-state index contributed by atoms with van der Waals surface area (Å²) >= 11 is 7.31. The van der Waals surface area contributed by atoms with Crippen LogP contribution in [-0.2, 0) is 17.8 Å². The van der Waals surface area contributed by atoms with E-state index in [9.17, 15) is 4.79 Å². The van der Waals surface area contributed by atoms with Crippen molar-refractivity contribution in [3.8, 4) is 5.75 Å². The minimum absolute atomic E-state index is 0. The first-order valence-electron chi connectivity index (χ1n) is 7.27. The van der Waals surface area contributed by atoms with Crippen molar-refractivity contribution in [2.75, 3.05) is 13.6 Å². The van der Waals surface area contributed by atoms with Crippen molar-refractivity contribution in [1.29, 1.82) is 0 Å². The zero-order chi connectivity index (χ0) is 16.8. The van der Waals surface area contributed by atoms with Crippen molar-refractivity contribution in [2.45, 2.75) is 26.0 Å². The number of halogens is 3. The number of carbonyl (C=O) groups is 1. The average molecular weight is 427 g/mol. The van der Waals surface area contributed by atoms with E-state index in [-0.39, 0.29) is 43.2 Å². The van der Waals surface area contributed by atoms with Crippen LogP contribution in [0.2, 0.25) is 5.02 Å². The Bertz CT molecular complexity index is 652. The highest BCUT2D eigenvalue weighted by molar-refractivity contribution is 7.09. The number of ether oxygens (including phenoxy) is 1. The Morgan fingerprint density at radius 2 is 2.00 bits per heavy atom. The molecule has 0 fully saturated rings. The maximum atomic E-state index is 12.1. The monoisotopic (exact) mass is 425 g/mol. The van der Waals surface area contributed by atoms with Crippen LogP contribution in [0.4, 0.5) is 0 Å². The van der Waals surface area contributed by atoms with Gasteiger partial charge in [-0.05, 0) is 31.2 Å². The Morgan fingerprint density at radius 3 is 2.60 bits per heavy atom. The molecule has 1 unspecified atom stereocenters. The van der Waals surface area contributed by atoms with E-state index in [4.69, 9.17) is 22.1 Å². The predicted octanol–water partition coefficient (Wildman–Crippen LogP) is 3.57. The summed E-state index contributed by atoms with van der Waals surface area (Å²) in [5.74, 6) is 0.747. The number of nitrogens with zero attached hydrogens (tertiary/aromatic N) is 2. The van der Waals surface area contributed by atoms with E-state index >= 15 is 0 Å². The first kappa shape index (κ1) is 23.9. The highest BCUT2D eigenvalue weighted by atomic mass is 35.5. The second-order valence-corrected chi connectivity index (χ2v) is 6.62. The summed E-state index contributed by atoms with van der Waals surface area (Å²) in [6.45, 7) is 2.74. The lowest BCUT2D eigenvalue weighted by atomic mass is 10.2. The number of aromatic nitrogens is 1. The fraction of sp³-hybridized carbons (Fsp3) is 0.375. The number of benzene rings is 1. The van der Waals surface area contributed by atoms with Crippen LogP contribution in [0.25, 0.3) is 0 Å². The molecule has 0 spiro atoms. The third-order valence-electron chi connectivity index (χ3n) is 3.50. The van der Waals surface area contributed by atoms with E-state index in [2.05, 4.69) is 4.98 Å². The largest absolute Gasteiger partial charge is 0.486 e. The van der Waals surface area contributed by atoms with Crippen molar-refractivity contribution in [3.63, 3.8) is 0 Å². The molecule has 1 heterocycles. The number of likely N-dealkylation sites (N-methyl/N-ethyl adjacent to an activating group) is 1. The van der Waals surface area contributed by atoms with Gasteiger partial charge in [-0.15, -0.1) is 36.2 Å². The summed E-state index contributed by atoms with van der Waals surface area (Å²) in [5.41, 5.74) is 6.34. The molecule has 1 aromatic heterocycles. The molecule has 25 heavy (non-hydrogen) atoms. The maximum absolute atomic E-state index is 12.1. The molecular formula is C16H22Cl3N3O2S. The zero-order valence-corrected chi connectivity index (χ0v) is 17.2. The predicted molar refractivity (Wildman–Crippen MR) is 107 cm³/mol. The van der Waals surface area contributed by atoms with Gasteiger partial charge >= 0.3 is 0 Å². The van der Waals surface area contributed by atoms with Gasteiger partial charge in [0.1, 0.15) is 17.4 Å². The normalized spacial score (nSPS) is 11.0. The van der Waals surface area contributed by atoms with Gasteiger partial charge < -0.3 is 15.4 Å². The van der Waals surface area contributed by atoms with E-state index in [1.165, 1.54) is 11.3 Å². The molecule has 2 aromatic rings. The average Bonchev–Trinajstić information content (AvgIpc) is 3.00. The first-order chi connectivity index (χ1) is 11.0. The van der Waals surface area contributed by atoms with Crippen molar-refractivity contribution in [2.24, 2.45) is 5.73 Å². The zero-order valence-electron chi connectivity index (χ0n) is 14.0. The molecule has 0 saturated carbocycles. The standard InChI is InChI=1S/C16H20ClN3O2S.2ClH/c1-11(8-18)20(2)16(21)7-13-10-23-15(19-13)9-22-14-5-3-12(17)4-6-14;;/h3-6,10-11H,7-9,18H2,1-2H3;2*1H. The van der Waals surface area contributed by atoms with E-state index in [1.807, 2.05) is 24.4 Å². The first-order valence-corrected chi connectivity index (χ1v) is 8.52. The lowest BCUT2D eigenvalue weighted by Crippen LogP contribution is -2.40. The molecule has 0 aliphatic rings.